The molecule has 1 aliphatic heterocycles. The van der Waals surface area contributed by atoms with Crippen LogP contribution in [0.15, 0.2) is 70.7 Å². The summed E-state index contributed by atoms with van der Waals surface area (Å²) in [6.45, 7) is 5.17. The Morgan fingerprint density at radius 1 is 1.10 bits per heavy atom. The highest BCUT2D eigenvalue weighted by molar-refractivity contribution is 8.18. The number of hydrogen-bond donors (Lipinski definition) is 0. The third kappa shape index (κ3) is 4.27. The SMILES string of the molecule is CCN=C1S/C(=C\c2cn(-c3ccccc3)nc2-c2ccc(OC)cc2)C(=O)N1CC. The molecule has 0 aliphatic carbocycles. The second-order valence-electron chi connectivity index (χ2n) is 6.86. The van der Waals surface area contributed by atoms with Crippen LogP contribution in [0, 0.1) is 0 Å². The summed E-state index contributed by atoms with van der Waals surface area (Å²) in [7, 11) is 1.65. The van der Waals surface area contributed by atoms with Crippen molar-refractivity contribution in [2.75, 3.05) is 20.2 Å². The summed E-state index contributed by atoms with van der Waals surface area (Å²) < 4.78 is 7.13. The van der Waals surface area contributed by atoms with Gasteiger partial charge in [-0.25, -0.2) is 4.68 Å². The number of aromatic nitrogens is 2. The number of carbonyl (C=O) groups excluding carboxylic acids is 1. The smallest absolute Gasteiger partial charge is 0.266 e. The van der Waals surface area contributed by atoms with E-state index < -0.39 is 0 Å². The number of thioether (sulfide) groups is 1. The third-order valence-corrected chi connectivity index (χ3v) is 5.96. The van der Waals surface area contributed by atoms with E-state index in [-0.39, 0.29) is 5.91 Å². The molecule has 0 saturated carbocycles. The number of amidine groups is 1. The van der Waals surface area contributed by atoms with Gasteiger partial charge in [0.2, 0.25) is 0 Å². The summed E-state index contributed by atoms with van der Waals surface area (Å²) in [4.78, 5) is 19.8. The van der Waals surface area contributed by atoms with Crippen molar-refractivity contribution in [1.82, 2.24) is 14.7 Å². The van der Waals surface area contributed by atoms with Crippen molar-refractivity contribution in [2.45, 2.75) is 13.8 Å². The topological polar surface area (TPSA) is 59.7 Å². The van der Waals surface area contributed by atoms with Gasteiger partial charge in [0, 0.05) is 30.4 Å². The molecule has 2 heterocycles. The van der Waals surface area contributed by atoms with Crippen LogP contribution >= 0.6 is 11.8 Å². The maximum atomic E-state index is 12.9. The predicted octanol–water partition coefficient (Wildman–Crippen LogP) is 4.86. The molecule has 1 saturated heterocycles. The zero-order valence-corrected chi connectivity index (χ0v) is 18.6. The molecule has 1 aromatic heterocycles. The van der Waals surface area contributed by atoms with Crippen LogP contribution in [0.2, 0.25) is 0 Å². The number of carbonyl (C=O) groups is 1. The fourth-order valence-corrected chi connectivity index (χ4v) is 4.46. The fraction of sp³-hybridized carbons (Fsp3) is 0.208. The molecule has 0 spiro atoms. The largest absolute Gasteiger partial charge is 0.497 e. The zero-order chi connectivity index (χ0) is 21.8. The molecule has 3 aromatic rings. The molecule has 1 amide bonds. The van der Waals surface area contributed by atoms with Gasteiger partial charge in [0.15, 0.2) is 5.17 Å². The zero-order valence-electron chi connectivity index (χ0n) is 17.8. The lowest BCUT2D eigenvalue weighted by atomic mass is 10.1. The van der Waals surface area contributed by atoms with Gasteiger partial charge in [-0.1, -0.05) is 18.2 Å². The normalized spacial score (nSPS) is 16.5. The van der Waals surface area contributed by atoms with E-state index in [1.54, 1.807) is 12.0 Å². The number of aliphatic imine (C=N–C) groups is 1. The Hall–Kier alpha value is -3.32. The van der Waals surface area contributed by atoms with Gasteiger partial charge in [0.1, 0.15) is 5.75 Å². The molecular formula is C24H24N4O2S. The van der Waals surface area contributed by atoms with Gasteiger partial charge >= 0.3 is 0 Å². The molecule has 7 heteroatoms. The van der Waals surface area contributed by atoms with E-state index in [2.05, 4.69) is 4.99 Å². The number of amides is 1. The fourth-order valence-electron chi connectivity index (χ4n) is 3.36. The standard InChI is InChI=1S/C24H24N4O2S/c1-4-25-24-27(5-2)23(29)21(31-24)15-18-16-28(19-9-7-6-8-10-19)26-22(18)17-11-13-20(30-3)14-12-17/h6-16H,4-5H2,1-3H3/b21-15-,25-24?. The Bertz CT molecular complexity index is 1130. The number of ether oxygens (including phenoxy) is 1. The van der Waals surface area contributed by atoms with Crippen molar-refractivity contribution in [3.8, 4) is 22.7 Å². The van der Waals surface area contributed by atoms with Crippen LogP contribution in [0.4, 0.5) is 0 Å². The van der Waals surface area contributed by atoms with Crippen LogP contribution in [0.3, 0.4) is 0 Å². The molecule has 158 valence electrons. The lowest BCUT2D eigenvalue weighted by molar-refractivity contribution is -0.122. The van der Waals surface area contributed by atoms with Crippen LogP contribution in [-0.4, -0.2) is 46.0 Å². The van der Waals surface area contributed by atoms with E-state index in [0.29, 0.717) is 18.0 Å². The number of benzene rings is 2. The first-order valence-corrected chi connectivity index (χ1v) is 11.0. The van der Waals surface area contributed by atoms with Crippen LogP contribution in [0.1, 0.15) is 19.4 Å². The van der Waals surface area contributed by atoms with Crippen LogP contribution in [-0.2, 0) is 4.79 Å². The molecule has 0 radical (unpaired) electrons. The van der Waals surface area contributed by atoms with Crippen LogP contribution < -0.4 is 4.74 Å². The molecule has 6 nitrogen and oxygen atoms in total. The maximum absolute atomic E-state index is 12.9. The van der Waals surface area contributed by atoms with Gasteiger partial charge in [-0.15, -0.1) is 0 Å². The number of likely N-dealkylation sites (N-methyl/N-ethyl adjacent to an activating group) is 1. The van der Waals surface area contributed by atoms with E-state index in [1.807, 2.05) is 85.4 Å². The van der Waals surface area contributed by atoms with E-state index in [0.717, 1.165) is 33.4 Å². The molecule has 0 atom stereocenters. The summed E-state index contributed by atoms with van der Waals surface area (Å²) >= 11 is 1.42. The third-order valence-electron chi connectivity index (χ3n) is 4.91. The minimum Gasteiger partial charge on any atom is -0.497 e. The highest BCUT2D eigenvalue weighted by Crippen LogP contribution is 2.35. The second kappa shape index (κ2) is 9.22. The lowest BCUT2D eigenvalue weighted by Crippen LogP contribution is -2.28. The van der Waals surface area contributed by atoms with Gasteiger partial charge < -0.3 is 4.74 Å². The summed E-state index contributed by atoms with van der Waals surface area (Å²) in [5.41, 5.74) is 3.58. The van der Waals surface area contributed by atoms with Crippen molar-refractivity contribution in [2.24, 2.45) is 4.99 Å². The van der Waals surface area contributed by atoms with Gasteiger partial charge in [0.05, 0.1) is 23.4 Å². The highest BCUT2D eigenvalue weighted by Gasteiger charge is 2.32. The molecule has 4 rings (SSSR count). The molecule has 0 N–H and O–H groups in total. The van der Waals surface area contributed by atoms with Gasteiger partial charge in [-0.2, -0.15) is 5.10 Å². The maximum Gasteiger partial charge on any atom is 0.266 e. The molecule has 1 aliphatic rings. The molecule has 0 unspecified atom stereocenters. The Morgan fingerprint density at radius 3 is 2.48 bits per heavy atom. The Balaban J connectivity index is 1.80. The molecule has 31 heavy (non-hydrogen) atoms. The minimum absolute atomic E-state index is 0.0205. The summed E-state index contributed by atoms with van der Waals surface area (Å²) in [6.07, 6.45) is 3.88. The van der Waals surface area contributed by atoms with E-state index in [9.17, 15) is 4.79 Å². The van der Waals surface area contributed by atoms with E-state index >= 15 is 0 Å². The summed E-state index contributed by atoms with van der Waals surface area (Å²) in [5.74, 6) is 0.763. The van der Waals surface area contributed by atoms with E-state index in [4.69, 9.17) is 9.84 Å². The Labute approximate surface area is 186 Å². The first kappa shape index (κ1) is 20.9. The Kier molecular flexibility index (Phi) is 6.23. The van der Waals surface area contributed by atoms with Crippen molar-refractivity contribution in [3.05, 3.63) is 71.3 Å². The van der Waals surface area contributed by atoms with Crippen molar-refractivity contribution >= 4 is 28.9 Å². The molecule has 1 fully saturated rings. The average Bonchev–Trinajstić information content (AvgIpc) is 3.36. The van der Waals surface area contributed by atoms with Gasteiger partial charge in [0.25, 0.3) is 5.91 Å². The van der Waals surface area contributed by atoms with E-state index in [1.165, 1.54) is 11.8 Å². The number of rotatable bonds is 6. The molecule has 2 aromatic carbocycles. The average molecular weight is 433 g/mol. The second-order valence-corrected chi connectivity index (χ2v) is 7.87. The predicted molar refractivity (Wildman–Crippen MR) is 126 cm³/mol. The first-order chi connectivity index (χ1) is 15.1. The van der Waals surface area contributed by atoms with Gasteiger partial charge in [-0.05, 0) is 68.1 Å². The summed E-state index contributed by atoms with van der Waals surface area (Å²) in [5, 5.41) is 5.59. The van der Waals surface area contributed by atoms with Crippen molar-refractivity contribution in [3.63, 3.8) is 0 Å². The summed E-state index contributed by atoms with van der Waals surface area (Å²) in [6, 6.07) is 17.7. The Morgan fingerprint density at radius 2 is 1.84 bits per heavy atom. The van der Waals surface area contributed by atoms with Crippen LogP contribution in [0.5, 0.6) is 5.75 Å². The highest BCUT2D eigenvalue weighted by atomic mass is 32.2. The number of methoxy groups -OCH3 is 1. The monoisotopic (exact) mass is 432 g/mol. The number of hydrogen-bond acceptors (Lipinski definition) is 5. The van der Waals surface area contributed by atoms with Crippen molar-refractivity contribution in [1.29, 1.82) is 0 Å². The first-order valence-electron chi connectivity index (χ1n) is 10.2. The quantitative estimate of drug-likeness (QED) is 0.522. The number of para-hydroxylation sites is 1. The number of nitrogens with zero attached hydrogens (tertiary/aromatic N) is 4. The lowest BCUT2D eigenvalue weighted by Gasteiger charge is -2.11. The van der Waals surface area contributed by atoms with Gasteiger partial charge in [-0.3, -0.25) is 14.7 Å². The van der Waals surface area contributed by atoms with Crippen molar-refractivity contribution < 1.29 is 9.53 Å². The van der Waals surface area contributed by atoms with Crippen LogP contribution in [0.25, 0.3) is 23.0 Å². The minimum atomic E-state index is -0.0205. The molecule has 0 bridgehead atoms. The molecular weight excluding hydrogens is 408 g/mol.